The van der Waals surface area contributed by atoms with E-state index < -0.39 is 0 Å². The lowest BCUT2D eigenvalue weighted by atomic mass is 10.1. The van der Waals surface area contributed by atoms with E-state index in [4.69, 9.17) is 4.84 Å². The first-order valence-electron chi connectivity index (χ1n) is 6.67. The Balaban J connectivity index is 1.72. The average Bonchev–Trinajstić information content (AvgIpc) is 2.55. The van der Waals surface area contributed by atoms with Gasteiger partial charge >= 0.3 is 0 Å². The van der Waals surface area contributed by atoms with Gasteiger partial charge in [0.1, 0.15) is 18.2 Å². The molecule has 2 aromatic carbocycles. The van der Waals surface area contributed by atoms with Gasteiger partial charge in [0.05, 0.1) is 11.7 Å². The maximum atomic E-state index is 13.7. The minimum atomic E-state index is -0.318. The number of oxime groups is 1. The van der Waals surface area contributed by atoms with Gasteiger partial charge in [-0.2, -0.15) is 0 Å². The Kier molecular flexibility index (Phi) is 4.05. The lowest BCUT2D eigenvalue weighted by molar-refractivity contribution is 0.133. The highest BCUT2D eigenvalue weighted by Crippen LogP contribution is 2.20. The third kappa shape index (κ3) is 3.09. The Morgan fingerprint density at radius 3 is 2.68 bits per heavy atom. The van der Waals surface area contributed by atoms with Crippen molar-refractivity contribution < 1.29 is 13.6 Å². The number of halogens is 2. The van der Waals surface area contributed by atoms with E-state index in [0.717, 1.165) is 11.1 Å². The number of hydrogen-bond acceptors (Lipinski definition) is 3. The second-order valence-electron chi connectivity index (χ2n) is 4.67. The molecule has 0 N–H and O–H groups in total. The van der Waals surface area contributed by atoms with Gasteiger partial charge in [-0.15, -0.1) is 0 Å². The fourth-order valence-corrected chi connectivity index (χ4v) is 2.07. The summed E-state index contributed by atoms with van der Waals surface area (Å²) in [5, 5.41) is 4.28. The number of hydrogen-bond donors (Lipinski definition) is 0. The SMILES string of the molecule is Fc1ccc(/C=N/OCc2ccc(F)c3cccnc23)cc1. The molecule has 0 spiro atoms. The van der Waals surface area contributed by atoms with E-state index in [1.165, 1.54) is 24.4 Å². The fourth-order valence-electron chi connectivity index (χ4n) is 2.07. The predicted octanol–water partition coefficient (Wildman–Crippen LogP) is 4.06. The molecule has 0 fully saturated rings. The number of pyridine rings is 1. The zero-order valence-corrected chi connectivity index (χ0v) is 11.5. The van der Waals surface area contributed by atoms with Crippen LogP contribution >= 0.6 is 0 Å². The fraction of sp³-hybridized carbons (Fsp3) is 0.0588. The molecule has 0 unspecified atom stereocenters. The molecule has 1 aromatic heterocycles. The molecule has 0 aliphatic carbocycles. The Hall–Kier alpha value is -2.82. The van der Waals surface area contributed by atoms with Crippen molar-refractivity contribution in [1.29, 1.82) is 0 Å². The van der Waals surface area contributed by atoms with E-state index in [2.05, 4.69) is 10.1 Å². The van der Waals surface area contributed by atoms with Gasteiger partial charge in [-0.25, -0.2) is 8.78 Å². The summed E-state index contributed by atoms with van der Waals surface area (Å²) in [6.45, 7) is 0.172. The molecule has 3 nitrogen and oxygen atoms in total. The van der Waals surface area contributed by atoms with Crippen LogP contribution in [0.5, 0.6) is 0 Å². The van der Waals surface area contributed by atoms with E-state index in [1.54, 1.807) is 36.5 Å². The highest BCUT2D eigenvalue weighted by Gasteiger charge is 2.06. The highest BCUT2D eigenvalue weighted by atomic mass is 19.1. The van der Waals surface area contributed by atoms with Crippen molar-refractivity contribution in [3.63, 3.8) is 0 Å². The van der Waals surface area contributed by atoms with Crippen molar-refractivity contribution in [1.82, 2.24) is 4.98 Å². The monoisotopic (exact) mass is 298 g/mol. The molecule has 0 saturated heterocycles. The zero-order chi connectivity index (χ0) is 15.4. The van der Waals surface area contributed by atoms with Gasteiger partial charge in [-0.05, 0) is 35.9 Å². The maximum Gasteiger partial charge on any atom is 0.144 e. The van der Waals surface area contributed by atoms with Crippen molar-refractivity contribution in [3.8, 4) is 0 Å². The molecule has 0 atom stereocenters. The standard InChI is InChI=1S/C17H12F2N2O/c18-14-6-3-12(4-7-14)10-21-22-11-13-5-8-16(19)15-2-1-9-20-17(13)15/h1-10H,11H2/b21-10+. The first-order valence-corrected chi connectivity index (χ1v) is 6.67. The van der Waals surface area contributed by atoms with Crippen molar-refractivity contribution in [3.05, 3.63) is 77.5 Å². The van der Waals surface area contributed by atoms with Gasteiger partial charge in [0, 0.05) is 17.1 Å². The van der Waals surface area contributed by atoms with E-state index in [1.807, 2.05) is 0 Å². The van der Waals surface area contributed by atoms with Gasteiger partial charge in [0.2, 0.25) is 0 Å². The second kappa shape index (κ2) is 6.30. The summed E-state index contributed by atoms with van der Waals surface area (Å²) < 4.78 is 26.4. The van der Waals surface area contributed by atoms with Crippen molar-refractivity contribution in [2.24, 2.45) is 5.16 Å². The normalized spacial score (nSPS) is 11.2. The number of fused-ring (bicyclic) bond motifs is 1. The molecule has 0 radical (unpaired) electrons. The minimum Gasteiger partial charge on any atom is -0.391 e. The number of nitrogens with zero attached hydrogens (tertiary/aromatic N) is 2. The molecule has 0 amide bonds. The number of benzene rings is 2. The number of rotatable bonds is 4. The largest absolute Gasteiger partial charge is 0.391 e. The summed E-state index contributed by atoms with van der Waals surface area (Å²) in [6, 6.07) is 12.2. The van der Waals surface area contributed by atoms with Crippen LogP contribution in [0.4, 0.5) is 8.78 Å². The smallest absolute Gasteiger partial charge is 0.144 e. The first kappa shape index (κ1) is 14.1. The van der Waals surface area contributed by atoms with Gasteiger partial charge in [-0.1, -0.05) is 23.4 Å². The van der Waals surface area contributed by atoms with Gasteiger partial charge in [-0.3, -0.25) is 4.98 Å². The Morgan fingerprint density at radius 1 is 1.05 bits per heavy atom. The van der Waals surface area contributed by atoms with Crippen LogP contribution in [0.3, 0.4) is 0 Å². The molecule has 0 aliphatic heterocycles. The average molecular weight is 298 g/mol. The van der Waals surface area contributed by atoms with E-state index in [9.17, 15) is 8.78 Å². The molecule has 0 bridgehead atoms. The molecular formula is C17H12F2N2O. The van der Waals surface area contributed by atoms with Crippen LogP contribution in [0.2, 0.25) is 0 Å². The van der Waals surface area contributed by atoms with Crippen molar-refractivity contribution in [2.45, 2.75) is 6.61 Å². The minimum absolute atomic E-state index is 0.172. The summed E-state index contributed by atoms with van der Waals surface area (Å²) >= 11 is 0. The third-order valence-electron chi connectivity index (χ3n) is 3.17. The van der Waals surface area contributed by atoms with Gasteiger partial charge in [0.15, 0.2) is 0 Å². The molecule has 110 valence electrons. The Labute approximate surface area is 125 Å². The molecule has 5 heteroatoms. The molecule has 22 heavy (non-hydrogen) atoms. The zero-order valence-electron chi connectivity index (χ0n) is 11.5. The summed E-state index contributed by atoms with van der Waals surface area (Å²) in [5.41, 5.74) is 2.02. The van der Waals surface area contributed by atoms with E-state index in [0.29, 0.717) is 10.9 Å². The first-order chi connectivity index (χ1) is 10.7. The molecule has 3 rings (SSSR count). The summed E-state index contributed by atoms with van der Waals surface area (Å²) in [7, 11) is 0. The highest BCUT2D eigenvalue weighted by molar-refractivity contribution is 5.82. The van der Waals surface area contributed by atoms with Crippen LogP contribution in [0, 0.1) is 11.6 Å². The Morgan fingerprint density at radius 2 is 1.86 bits per heavy atom. The molecule has 3 aromatic rings. The van der Waals surface area contributed by atoms with Crippen LogP contribution in [-0.4, -0.2) is 11.2 Å². The quantitative estimate of drug-likeness (QED) is 0.537. The summed E-state index contributed by atoms with van der Waals surface area (Å²) in [4.78, 5) is 9.39. The maximum absolute atomic E-state index is 13.7. The summed E-state index contributed by atoms with van der Waals surface area (Å²) in [5.74, 6) is -0.622. The number of aromatic nitrogens is 1. The topological polar surface area (TPSA) is 34.5 Å². The molecule has 0 aliphatic rings. The summed E-state index contributed by atoms with van der Waals surface area (Å²) in [6.07, 6.45) is 3.09. The predicted molar refractivity (Wildman–Crippen MR) is 80.5 cm³/mol. The van der Waals surface area contributed by atoms with Crippen LogP contribution < -0.4 is 0 Å². The third-order valence-corrected chi connectivity index (χ3v) is 3.17. The van der Waals surface area contributed by atoms with Gasteiger partial charge < -0.3 is 4.84 Å². The van der Waals surface area contributed by atoms with Crippen LogP contribution in [-0.2, 0) is 11.4 Å². The van der Waals surface area contributed by atoms with Crippen LogP contribution in [0.1, 0.15) is 11.1 Å². The Bertz CT molecular complexity index is 817. The van der Waals surface area contributed by atoms with Gasteiger partial charge in [0.25, 0.3) is 0 Å². The molecular weight excluding hydrogens is 286 g/mol. The second-order valence-corrected chi connectivity index (χ2v) is 4.67. The lowest BCUT2D eigenvalue weighted by Crippen LogP contribution is -1.93. The van der Waals surface area contributed by atoms with Crippen molar-refractivity contribution in [2.75, 3.05) is 0 Å². The lowest BCUT2D eigenvalue weighted by Gasteiger charge is -2.05. The molecule has 1 heterocycles. The van der Waals surface area contributed by atoms with Crippen molar-refractivity contribution >= 4 is 17.1 Å². The van der Waals surface area contributed by atoms with E-state index in [-0.39, 0.29) is 18.2 Å². The van der Waals surface area contributed by atoms with Crippen LogP contribution in [0.15, 0.2) is 59.9 Å². The molecule has 0 saturated carbocycles. The van der Waals surface area contributed by atoms with Crippen LogP contribution in [0.25, 0.3) is 10.9 Å². The van der Waals surface area contributed by atoms with E-state index >= 15 is 0 Å².